The zero-order valence-corrected chi connectivity index (χ0v) is 11.6. The molecule has 1 N–H and O–H groups in total. The van der Waals surface area contributed by atoms with E-state index >= 15 is 0 Å². The Hall–Kier alpha value is -0.490. The molecule has 2 heterocycles. The van der Waals surface area contributed by atoms with Gasteiger partial charge in [-0.15, -0.1) is 11.3 Å². The molecular formula is C12H21N3OS. The van der Waals surface area contributed by atoms with E-state index in [1.54, 1.807) is 11.3 Å². The molecule has 0 bridgehead atoms. The molecule has 96 valence electrons. The fraction of sp³-hybridized carbons (Fsp3) is 0.750. The van der Waals surface area contributed by atoms with Crippen LogP contribution in [0.2, 0.25) is 0 Å². The van der Waals surface area contributed by atoms with Gasteiger partial charge in [-0.2, -0.15) is 0 Å². The number of hydrogen-bond acceptors (Lipinski definition) is 5. The minimum Gasteiger partial charge on any atom is -0.374 e. The second-order valence-corrected chi connectivity index (χ2v) is 5.96. The van der Waals surface area contributed by atoms with Crippen LogP contribution in [-0.4, -0.2) is 49.3 Å². The van der Waals surface area contributed by atoms with E-state index in [1.165, 1.54) is 4.88 Å². The van der Waals surface area contributed by atoms with Crippen LogP contribution in [0.4, 0.5) is 0 Å². The molecule has 1 aromatic heterocycles. The van der Waals surface area contributed by atoms with Crippen molar-refractivity contribution >= 4 is 11.3 Å². The van der Waals surface area contributed by atoms with E-state index in [1.807, 2.05) is 6.20 Å². The van der Waals surface area contributed by atoms with Crippen LogP contribution in [0.5, 0.6) is 0 Å². The standard InChI is InChI=1S/C12H21N3OS/c1-9-6-14-12(17-9)10(2)13-7-11-8-15(3)4-5-16-11/h6,10-11,13H,4-5,7-8H2,1-3H3. The van der Waals surface area contributed by atoms with Crippen molar-refractivity contribution in [3.8, 4) is 0 Å². The van der Waals surface area contributed by atoms with Crippen LogP contribution >= 0.6 is 11.3 Å². The summed E-state index contributed by atoms with van der Waals surface area (Å²) >= 11 is 1.76. The molecule has 5 heteroatoms. The number of nitrogens with zero attached hydrogens (tertiary/aromatic N) is 2. The lowest BCUT2D eigenvalue weighted by Crippen LogP contribution is -2.45. The van der Waals surface area contributed by atoms with Gasteiger partial charge in [-0.3, -0.25) is 0 Å². The second kappa shape index (κ2) is 5.91. The van der Waals surface area contributed by atoms with Gasteiger partial charge in [0.25, 0.3) is 0 Å². The Morgan fingerprint density at radius 2 is 2.53 bits per heavy atom. The van der Waals surface area contributed by atoms with E-state index < -0.39 is 0 Å². The van der Waals surface area contributed by atoms with Gasteiger partial charge in [0.15, 0.2) is 0 Å². The van der Waals surface area contributed by atoms with E-state index in [2.05, 4.69) is 36.1 Å². The fourth-order valence-electron chi connectivity index (χ4n) is 1.96. The van der Waals surface area contributed by atoms with Crippen LogP contribution in [0.3, 0.4) is 0 Å². The molecule has 0 saturated carbocycles. The summed E-state index contributed by atoms with van der Waals surface area (Å²) in [7, 11) is 2.14. The summed E-state index contributed by atoms with van der Waals surface area (Å²) in [5, 5.41) is 4.66. The first kappa shape index (κ1) is 13.0. The van der Waals surface area contributed by atoms with Crippen molar-refractivity contribution < 1.29 is 4.74 Å². The summed E-state index contributed by atoms with van der Waals surface area (Å²) in [6, 6.07) is 0.310. The molecule has 2 atom stereocenters. The zero-order valence-electron chi connectivity index (χ0n) is 10.8. The average molecular weight is 255 g/mol. The Bertz CT molecular complexity index is 355. The van der Waals surface area contributed by atoms with E-state index in [0.29, 0.717) is 12.1 Å². The smallest absolute Gasteiger partial charge is 0.109 e. The predicted octanol–water partition coefficient (Wildman–Crippen LogP) is 1.43. The topological polar surface area (TPSA) is 37.4 Å². The highest BCUT2D eigenvalue weighted by Gasteiger charge is 2.18. The van der Waals surface area contributed by atoms with E-state index in [4.69, 9.17) is 4.74 Å². The summed E-state index contributed by atoms with van der Waals surface area (Å²) in [6.07, 6.45) is 2.24. The van der Waals surface area contributed by atoms with Crippen molar-refractivity contribution in [3.63, 3.8) is 0 Å². The highest BCUT2D eigenvalue weighted by atomic mass is 32.1. The molecule has 0 aliphatic carbocycles. The number of hydrogen-bond donors (Lipinski definition) is 1. The van der Waals surface area contributed by atoms with Gasteiger partial charge in [0, 0.05) is 30.7 Å². The monoisotopic (exact) mass is 255 g/mol. The number of rotatable bonds is 4. The van der Waals surface area contributed by atoms with Gasteiger partial charge in [-0.1, -0.05) is 0 Å². The molecule has 4 nitrogen and oxygen atoms in total. The first-order valence-electron chi connectivity index (χ1n) is 6.11. The molecule has 1 aliphatic heterocycles. The SMILES string of the molecule is Cc1cnc(C(C)NCC2CN(C)CCO2)s1. The molecule has 1 fully saturated rings. The maximum absolute atomic E-state index is 5.72. The van der Waals surface area contributed by atoms with Gasteiger partial charge >= 0.3 is 0 Å². The molecule has 0 radical (unpaired) electrons. The van der Waals surface area contributed by atoms with Gasteiger partial charge in [0.1, 0.15) is 5.01 Å². The van der Waals surface area contributed by atoms with Crippen LogP contribution in [0.15, 0.2) is 6.20 Å². The summed E-state index contributed by atoms with van der Waals surface area (Å²) in [6.45, 7) is 8.03. The van der Waals surface area contributed by atoms with Crippen LogP contribution in [-0.2, 0) is 4.74 Å². The van der Waals surface area contributed by atoms with Crippen molar-refractivity contribution in [2.45, 2.75) is 26.0 Å². The van der Waals surface area contributed by atoms with Gasteiger partial charge in [-0.05, 0) is 20.9 Å². The van der Waals surface area contributed by atoms with E-state index in [-0.39, 0.29) is 0 Å². The summed E-state index contributed by atoms with van der Waals surface area (Å²) in [5.74, 6) is 0. The third-order valence-electron chi connectivity index (χ3n) is 3.00. The Kier molecular flexibility index (Phi) is 4.50. The maximum atomic E-state index is 5.72. The summed E-state index contributed by atoms with van der Waals surface area (Å²) in [5.41, 5.74) is 0. The largest absolute Gasteiger partial charge is 0.374 e. The number of nitrogens with one attached hydrogen (secondary N) is 1. The molecule has 17 heavy (non-hydrogen) atoms. The molecule has 1 aromatic rings. The lowest BCUT2D eigenvalue weighted by molar-refractivity contribution is -0.0190. The quantitative estimate of drug-likeness (QED) is 0.883. The van der Waals surface area contributed by atoms with Crippen molar-refractivity contribution in [2.75, 3.05) is 33.3 Å². The fourth-order valence-corrected chi connectivity index (χ4v) is 2.76. The highest BCUT2D eigenvalue weighted by molar-refractivity contribution is 7.11. The highest BCUT2D eigenvalue weighted by Crippen LogP contribution is 2.18. The third-order valence-corrected chi connectivity index (χ3v) is 4.10. The normalized spacial score (nSPS) is 23.8. The van der Waals surface area contributed by atoms with Crippen LogP contribution < -0.4 is 5.32 Å². The minimum absolute atomic E-state index is 0.303. The first-order valence-corrected chi connectivity index (χ1v) is 6.92. The molecule has 1 saturated heterocycles. The Balaban J connectivity index is 1.77. The number of ether oxygens (including phenoxy) is 1. The van der Waals surface area contributed by atoms with Crippen LogP contribution in [0.1, 0.15) is 22.9 Å². The average Bonchev–Trinajstić information content (AvgIpc) is 2.73. The van der Waals surface area contributed by atoms with Gasteiger partial charge in [0.2, 0.25) is 0 Å². The molecule has 0 amide bonds. The summed E-state index contributed by atoms with van der Waals surface area (Å²) < 4.78 is 5.72. The van der Waals surface area contributed by atoms with Crippen molar-refractivity contribution in [2.24, 2.45) is 0 Å². The van der Waals surface area contributed by atoms with Crippen molar-refractivity contribution in [1.29, 1.82) is 0 Å². The van der Waals surface area contributed by atoms with Gasteiger partial charge in [0.05, 0.1) is 18.8 Å². The number of aryl methyl sites for hydroxylation is 1. The van der Waals surface area contributed by atoms with Gasteiger partial charge < -0.3 is 15.0 Å². The minimum atomic E-state index is 0.303. The summed E-state index contributed by atoms with van der Waals surface area (Å²) in [4.78, 5) is 7.98. The lowest BCUT2D eigenvalue weighted by atomic mass is 10.2. The van der Waals surface area contributed by atoms with E-state index in [0.717, 1.165) is 31.2 Å². The van der Waals surface area contributed by atoms with Crippen molar-refractivity contribution in [1.82, 2.24) is 15.2 Å². The first-order chi connectivity index (χ1) is 8.15. The lowest BCUT2D eigenvalue weighted by Gasteiger charge is -2.30. The molecule has 2 unspecified atom stereocenters. The van der Waals surface area contributed by atoms with Crippen LogP contribution in [0.25, 0.3) is 0 Å². The maximum Gasteiger partial charge on any atom is 0.109 e. The Morgan fingerprint density at radius 3 is 3.18 bits per heavy atom. The van der Waals surface area contributed by atoms with Crippen molar-refractivity contribution in [3.05, 3.63) is 16.1 Å². The van der Waals surface area contributed by atoms with Gasteiger partial charge in [-0.25, -0.2) is 4.98 Å². The number of likely N-dealkylation sites (N-methyl/N-ethyl adjacent to an activating group) is 1. The predicted molar refractivity (Wildman–Crippen MR) is 70.5 cm³/mol. The van der Waals surface area contributed by atoms with Crippen LogP contribution in [0, 0.1) is 6.92 Å². The Morgan fingerprint density at radius 1 is 1.71 bits per heavy atom. The second-order valence-electron chi connectivity index (χ2n) is 4.69. The third kappa shape index (κ3) is 3.74. The molecular weight excluding hydrogens is 234 g/mol. The number of thiazole rings is 1. The Labute approximate surface area is 107 Å². The number of aromatic nitrogens is 1. The zero-order chi connectivity index (χ0) is 12.3. The molecule has 0 spiro atoms. The molecule has 2 rings (SSSR count). The van der Waals surface area contributed by atoms with E-state index in [9.17, 15) is 0 Å². The number of morpholine rings is 1. The molecule has 1 aliphatic rings. The molecule has 0 aromatic carbocycles.